The van der Waals surface area contributed by atoms with Gasteiger partial charge in [0.25, 0.3) is 0 Å². The smallest absolute Gasteiger partial charge is 0.167 e. The maximum atomic E-state index is 13.6. The average molecular weight is 373 g/mol. The Morgan fingerprint density at radius 2 is 2.04 bits per heavy atom. The number of carbonyl (C=O) groups is 1. The van der Waals surface area contributed by atoms with Crippen LogP contribution in [-0.4, -0.2) is 37.1 Å². The molecule has 0 spiro atoms. The van der Waals surface area contributed by atoms with Crippen molar-refractivity contribution in [2.45, 2.75) is 24.3 Å². The number of benzene rings is 2. The highest BCUT2D eigenvalue weighted by Gasteiger charge is 2.26. The molecular formula is C21H24FNO2S. The second-order valence-corrected chi connectivity index (χ2v) is 7.52. The van der Waals surface area contributed by atoms with Crippen LogP contribution in [0.25, 0.3) is 0 Å². The van der Waals surface area contributed by atoms with Crippen LogP contribution in [-0.2, 0) is 6.54 Å². The van der Waals surface area contributed by atoms with Gasteiger partial charge in [0.2, 0.25) is 0 Å². The van der Waals surface area contributed by atoms with Crippen molar-refractivity contribution < 1.29 is 13.9 Å². The van der Waals surface area contributed by atoms with Gasteiger partial charge in [-0.3, -0.25) is 9.69 Å². The number of hydrogen-bond acceptors (Lipinski definition) is 4. The Morgan fingerprint density at radius 3 is 2.73 bits per heavy atom. The Hall–Kier alpha value is -1.85. The van der Waals surface area contributed by atoms with Gasteiger partial charge < -0.3 is 4.74 Å². The summed E-state index contributed by atoms with van der Waals surface area (Å²) in [5.41, 5.74) is 1.79. The Bertz CT molecular complexity index is 763. The summed E-state index contributed by atoms with van der Waals surface area (Å²) in [6.07, 6.45) is 3.95. The monoisotopic (exact) mass is 373 g/mol. The molecule has 1 saturated heterocycles. The molecule has 1 aliphatic heterocycles. The second kappa shape index (κ2) is 8.69. The number of nitrogens with zero attached hydrogens (tertiary/aromatic N) is 1. The lowest BCUT2D eigenvalue weighted by Gasteiger charge is -2.32. The van der Waals surface area contributed by atoms with Gasteiger partial charge in [-0.25, -0.2) is 4.39 Å². The van der Waals surface area contributed by atoms with E-state index in [1.165, 1.54) is 13.2 Å². The molecule has 0 aliphatic carbocycles. The predicted octanol–water partition coefficient (Wildman–Crippen LogP) is 4.65. The first-order chi connectivity index (χ1) is 12.6. The number of piperidine rings is 1. The summed E-state index contributed by atoms with van der Waals surface area (Å²) in [6, 6.07) is 12.8. The van der Waals surface area contributed by atoms with Crippen LogP contribution in [0.15, 0.2) is 47.4 Å². The summed E-state index contributed by atoms with van der Waals surface area (Å²) in [5, 5.41) is 0. The van der Waals surface area contributed by atoms with Crippen molar-refractivity contribution in [3.05, 3.63) is 59.4 Å². The third-order valence-corrected chi connectivity index (χ3v) is 5.62. The third-order valence-electron chi connectivity index (χ3n) is 4.87. The molecule has 3 nitrogen and oxygen atoms in total. The number of halogens is 1. The fourth-order valence-corrected chi connectivity index (χ4v) is 3.87. The zero-order valence-electron chi connectivity index (χ0n) is 15.2. The molecule has 1 heterocycles. The van der Waals surface area contributed by atoms with Gasteiger partial charge in [0.1, 0.15) is 0 Å². The van der Waals surface area contributed by atoms with Crippen LogP contribution in [0.2, 0.25) is 0 Å². The van der Waals surface area contributed by atoms with E-state index in [1.807, 2.05) is 30.5 Å². The number of ether oxygens (including phenoxy) is 1. The van der Waals surface area contributed by atoms with Gasteiger partial charge in [-0.1, -0.05) is 18.2 Å². The molecule has 0 aromatic heterocycles. The van der Waals surface area contributed by atoms with Gasteiger partial charge in [-0.05, 0) is 55.5 Å². The van der Waals surface area contributed by atoms with Crippen molar-refractivity contribution in [2.24, 2.45) is 5.92 Å². The fourth-order valence-electron chi connectivity index (χ4n) is 3.46. The highest BCUT2D eigenvalue weighted by Crippen LogP contribution is 2.25. The summed E-state index contributed by atoms with van der Waals surface area (Å²) in [7, 11) is 1.47. The van der Waals surface area contributed by atoms with E-state index < -0.39 is 0 Å². The first-order valence-corrected chi connectivity index (χ1v) is 10.1. The van der Waals surface area contributed by atoms with Crippen molar-refractivity contribution in [3.63, 3.8) is 0 Å². The molecule has 0 radical (unpaired) electrons. The fraction of sp³-hybridized carbons (Fsp3) is 0.381. The van der Waals surface area contributed by atoms with Crippen molar-refractivity contribution in [1.82, 2.24) is 4.90 Å². The van der Waals surface area contributed by atoms with E-state index in [9.17, 15) is 9.18 Å². The van der Waals surface area contributed by atoms with Gasteiger partial charge in [0.15, 0.2) is 17.3 Å². The SMILES string of the molecule is COc1cc(CN2CCC[C@@H](C(=O)c3ccc(SC)cc3)C2)ccc1F. The molecule has 5 heteroatoms. The maximum Gasteiger partial charge on any atom is 0.167 e. The lowest BCUT2D eigenvalue weighted by Crippen LogP contribution is -2.38. The average Bonchev–Trinajstić information content (AvgIpc) is 2.69. The van der Waals surface area contributed by atoms with E-state index in [0.717, 1.165) is 42.0 Å². The summed E-state index contributed by atoms with van der Waals surface area (Å²) in [5.74, 6) is 0.155. The lowest BCUT2D eigenvalue weighted by atomic mass is 9.90. The van der Waals surface area contributed by atoms with Crippen LogP contribution in [0.3, 0.4) is 0 Å². The van der Waals surface area contributed by atoms with Crippen molar-refractivity contribution in [1.29, 1.82) is 0 Å². The van der Waals surface area contributed by atoms with Crippen LogP contribution in [0.1, 0.15) is 28.8 Å². The molecular weight excluding hydrogens is 349 g/mol. The highest BCUT2D eigenvalue weighted by molar-refractivity contribution is 7.98. The second-order valence-electron chi connectivity index (χ2n) is 6.64. The standard InChI is InChI=1S/C21H24FNO2S/c1-25-20-12-15(5-10-19(20)22)13-23-11-3-4-17(14-23)21(24)16-6-8-18(26-2)9-7-16/h5-10,12,17H,3-4,11,13-14H2,1-2H3/t17-/m1/s1. The molecule has 2 aromatic carbocycles. The minimum Gasteiger partial charge on any atom is -0.494 e. The first kappa shape index (κ1) is 18.9. The zero-order valence-corrected chi connectivity index (χ0v) is 16.0. The number of thioether (sulfide) groups is 1. The van der Waals surface area contributed by atoms with E-state index in [2.05, 4.69) is 4.90 Å². The van der Waals surface area contributed by atoms with Gasteiger partial charge in [-0.15, -0.1) is 11.8 Å². The normalized spacial score (nSPS) is 17.9. The summed E-state index contributed by atoms with van der Waals surface area (Å²) in [6.45, 7) is 2.39. The Labute approximate surface area is 158 Å². The number of rotatable bonds is 6. The van der Waals surface area contributed by atoms with Gasteiger partial charge in [0.05, 0.1) is 7.11 Å². The molecule has 0 amide bonds. The van der Waals surface area contributed by atoms with E-state index in [1.54, 1.807) is 23.9 Å². The van der Waals surface area contributed by atoms with Crippen molar-refractivity contribution in [2.75, 3.05) is 26.5 Å². The van der Waals surface area contributed by atoms with Crippen LogP contribution in [0.5, 0.6) is 5.75 Å². The number of hydrogen-bond donors (Lipinski definition) is 0. The zero-order chi connectivity index (χ0) is 18.5. The van der Waals surface area contributed by atoms with Crippen LogP contribution in [0, 0.1) is 11.7 Å². The highest BCUT2D eigenvalue weighted by atomic mass is 32.2. The lowest BCUT2D eigenvalue weighted by molar-refractivity contribution is 0.0811. The Balaban J connectivity index is 1.65. The Kier molecular flexibility index (Phi) is 6.33. The van der Waals surface area contributed by atoms with E-state index >= 15 is 0 Å². The van der Waals surface area contributed by atoms with Crippen molar-refractivity contribution in [3.8, 4) is 5.75 Å². The number of methoxy groups -OCH3 is 1. The van der Waals surface area contributed by atoms with E-state index in [4.69, 9.17) is 4.74 Å². The number of ketones is 1. The molecule has 2 aromatic rings. The largest absolute Gasteiger partial charge is 0.494 e. The number of carbonyl (C=O) groups excluding carboxylic acids is 1. The number of Topliss-reactive ketones (excluding diaryl/α,β-unsaturated/α-hetero) is 1. The van der Waals surface area contributed by atoms with E-state index in [0.29, 0.717) is 6.54 Å². The van der Waals surface area contributed by atoms with Crippen LogP contribution in [0.4, 0.5) is 4.39 Å². The molecule has 0 saturated carbocycles. The molecule has 26 heavy (non-hydrogen) atoms. The van der Waals surface area contributed by atoms with Crippen LogP contribution < -0.4 is 4.74 Å². The summed E-state index contributed by atoms with van der Waals surface area (Å²) in [4.78, 5) is 16.3. The molecule has 1 aliphatic rings. The maximum absolute atomic E-state index is 13.6. The minimum atomic E-state index is -0.350. The molecule has 1 fully saturated rings. The predicted molar refractivity (Wildman–Crippen MR) is 104 cm³/mol. The summed E-state index contributed by atoms with van der Waals surface area (Å²) < 4.78 is 18.6. The summed E-state index contributed by atoms with van der Waals surface area (Å²) >= 11 is 1.67. The van der Waals surface area contributed by atoms with Gasteiger partial charge in [0, 0.05) is 29.5 Å². The van der Waals surface area contributed by atoms with Crippen molar-refractivity contribution >= 4 is 17.5 Å². The molecule has 3 rings (SSSR count). The van der Waals surface area contributed by atoms with Crippen LogP contribution >= 0.6 is 11.8 Å². The molecule has 138 valence electrons. The number of likely N-dealkylation sites (tertiary alicyclic amines) is 1. The quantitative estimate of drug-likeness (QED) is 0.544. The Morgan fingerprint density at radius 1 is 1.27 bits per heavy atom. The molecule has 0 bridgehead atoms. The molecule has 1 atom stereocenters. The molecule has 0 N–H and O–H groups in total. The first-order valence-electron chi connectivity index (χ1n) is 8.83. The third kappa shape index (κ3) is 4.46. The molecule has 0 unspecified atom stereocenters. The van der Waals surface area contributed by atoms with Gasteiger partial charge in [-0.2, -0.15) is 0 Å². The topological polar surface area (TPSA) is 29.5 Å². The van der Waals surface area contributed by atoms with E-state index in [-0.39, 0.29) is 23.3 Å². The van der Waals surface area contributed by atoms with Gasteiger partial charge >= 0.3 is 0 Å². The minimum absolute atomic E-state index is 0.0197.